The molecule has 7 nitrogen and oxygen atoms in total. The molecule has 1 amide bonds. The zero-order chi connectivity index (χ0) is 16.7. The fourth-order valence-electron chi connectivity index (χ4n) is 3.25. The first-order valence-electron chi connectivity index (χ1n) is 7.68. The van der Waals surface area contributed by atoms with Crippen molar-refractivity contribution in [1.82, 2.24) is 10.2 Å². The van der Waals surface area contributed by atoms with Crippen molar-refractivity contribution in [2.75, 3.05) is 29.5 Å². The highest BCUT2D eigenvalue weighted by Gasteiger charge is 2.29. The number of hydrogen-bond donors (Lipinski definition) is 1. The number of fused-ring (bicyclic) bond motifs is 1. The van der Waals surface area contributed by atoms with E-state index in [4.69, 9.17) is 16.3 Å². The molecule has 124 valence electrons. The number of aromatic nitrogens is 2. The van der Waals surface area contributed by atoms with Gasteiger partial charge in [0.25, 0.3) is 5.56 Å². The number of hydrogen-bond acceptors (Lipinski definition) is 5. The third-order valence-electron chi connectivity index (χ3n) is 4.41. The Labute approximate surface area is 142 Å². The number of nitrogens with zero attached hydrogens (tertiary/aromatic N) is 3. The molecule has 0 spiro atoms. The molecule has 0 bridgehead atoms. The Morgan fingerprint density at radius 2 is 2.08 bits per heavy atom. The van der Waals surface area contributed by atoms with E-state index in [1.807, 2.05) is 23.1 Å². The van der Waals surface area contributed by atoms with Gasteiger partial charge in [-0.25, -0.2) is 9.89 Å². The molecule has 2 aliphatic rings. The van der Waals surface area contributed by atoms with Crippen molar-refractivity contribution < 1.29 is 9.53 Å². The quantitative estimate of drug-likeness (QED) is 0.899. The predicted molar refractivity (Wildman–Crippen MR) is 89.8 cm³/mol. The van der Waals surface area contributed by atoms with Crippen molar-refractivity contribution >= 4 is 29.1 Å². The molecule has 3 heterocycles. The van der Waals surface area contributed by atoms with Crippen LogP contribution in [0.4, 0.5) is 16.2 Å². The Kier molecular flexibility index (Phi) is 3.65. The maximum atomic E-state index is 11.9. The van der Waals surface area contributed by atoms with Crippen LogP contribution >= 0.6 is 11.6 Å². The number of anilines is 2. The van der Waals surface area contributed by atoms with Crippen LogP contribution in [-0.2, 0) is 17.7 Å². The number of aromatic amines is 1. The Morgan fingerprint density at radius 3 is 2.88 bits per heavy atom. The number of carbonyl (C=O) groups is 1. The van der Waals surface area contributed by atoms with Gasteiger partial charge < -0.3 is 9.64 Å². The fourth-order valence-corrected chi connectivity index (χ4v) is 3.47. The molecule has 0 radical (unpaired) electrons. The molecule has 24 heavy (non-hydrogen) atoms. The van der Waals surface area contributed by atoms with Crippen LogP contribution in [0.2, 0.25) is 5.02 Å². The maximum absolute atomic E-state index is 11.9. The number of nitrogens with one attached hydrogen (secondary N) is 1. The largest absolute Gasteiger partial charge is 0.447 e. The van der Waals surface area contributed by atoms with Crippen LogP contribution < -0.4 is 15.4 Å². The summed E-state index contributed by atoms with van der Waals surface area (Å²) in [5.74, 6) is 0. The van der Waals surface area contributed by atoms with Gasteiger partial charge in [-0.05, 0) is 23.6 Å². The van der Waals surface area contributed by atoms with E-state index >= 15 is 0 Å². The molecule has 1 N–H and O–H groups in total. The molecule has 0 aliphatic carbocycles. The summed E-state index contributed by atoms with van der Waals surface area (Å²) in [5.41, 5.74) is 3.38. The molecule has 0 unspecified atom stereocenters. The Balaban J connectivity index is 1.68. The van der Waals surface area contributed by atoms with Gasteiger partial charge in [0, 0.05) is 13.1 Å². The summed E-state index contributed by atoms with van der Waals surface area (Å²) in [6, 6.07) is 5.91. The van der Waals surface area contributed by atoms with Crippen LogP contribution in [0.1, 0.15) is 11.1 Å². The van der Waals surface area contributed by atoms with Crippen LogP contribution in [0.25, 0.3) is 0 Å². The van der Waals surface area contributed by atoms with E-state index < -0.39 is 5.56 Å². The summed E-state index contributed by atoms with van der Waals surface area (Å²) in [6.07, 6.45) is 2.02. The van der Waals surface area contributed by atoms with E-state index in [-0.39, 0.29) is 11.1 Å². The van der Waals surface area contributed by atoms with Crippen LogP contribution in [0.3, 0.4) is 0 Å². The molecular formula is C16H15ClN4O3. The molecule has 1 fully saturated rings. The van der Waals surface area contributed by atoms with Crippen molar-refractivity contribution in [3.05, 3.63) is 50.9 Å². The molecule has 1 saturated heterocycles. The number of cyclic esters (lactones) is 1. The van der Waals surface area contributed by atoms with E-state index in [2.05, 4.69) is 10.2 Å². The van der Waals surface area contributed by atoms with E-state index in [0.717, 1.165) is 23.2 Å². The zero-order valence-corrected chi connectivity index (χ0v) is 13.5. The lowest BCUT2D eigenvalue weighted by molar-refractivity contribution is 0.181. The van der Waals surface area contributed by atoms with Crippen molar-refractivity contribution in [3.8, 4) is 0 Å². The standard InChI is InChI=1S/C16H15ClN4O3/c17-14-13(8-18-19-15(14)22)20-5-4-11-10(9-20)2-1-3-12(11)21-6-7-24-16(21)23/h1-3,8H,4-7,9H2,(H,19,22). The van der Waals surface area contributed by atoms with Gasteiger partial charge in [-0.2, -0.15) is 5.10 Å². The predicted octanol–water partition coefficient (Wildman–Crippen LogP) is 1.94. The van der Waals surface area contributed by atoms with Crippen molar-refractivity contribution in [2.24, 2.45) is 0 Å². The Bertz CT molecular complexity index is 867. The van der Waals surface area contributed by atoms with Crippen LogP contribution in [-0.4, -0.2) is 36.0 Å². The molecule has 0 atom stereocenters. The molecular weight excluding hydrogens is 332 g/mol. The average molecular weight is 347 g/mol. The first-order valence-corrected chi connectivity index (χ1v) is 8.06. The van der Waals surface area contributed by atoms with Gasteiger partial charge >= 0.3 is 6.09 Å². The van der Waals surface area contributed by atoms with Gasteiger partial charge in [-0.15, -0.1) is 0 Å². The third-order valence-corrected chi connectivity index (χ3v) is 4.78. The Hall–Kier alpha value is -2.54. The number of halogens is 1. The van der Waals surface area contributed by atoms with Gasteiger partial charge in [0.2, 0.25) is 0 Å². The summed E-state index contributed by atoms with van der Waals surface area (Å²) in [4.78, 5) is 27.2. The summed E-state index contributed by atoms with van der Waals surface area (Å²) in [6.45, 7) is 2.29. The highest BCUT2D eigenvalue weighted by atomic mass is 35.5. The van der Waals surface area contributed by atoms with E-state index in [0.29, 0.717) is 31.9 Å². The highest BCUT2D eigenvalue weighted by Crippen LogP contribution is 2.33. The first kappa shape index (κ1) is 15.0. The van der Waals surface area contributed by atoms with E-state index in [9.17, 15) is 9.59 Å². The lowest BCUT2D eigenvalue weighted by Crippen LogP contribution is -2.34. The third kappa shape index (κ3) is 2.41. The number of amides is 1. The van der Waals surface area contributed by atoms with Crippen molar-refractivity contribution in [1.29, 1.82) is 0 Å². The molecule has 4 rings (SSSR count). The van der Waals surface area contributed by atoms with Gasteiger partial charge in [-0.3, -0.25) is 9.69 Å². The number of H-pyrrole nitrogens is 1. The molecule has 1 aromatic carbocycles. The minimum absolute atomic E-state index is 0.146. The molecule has 0 saturated carbocycles. The van der Waals surface area contributed by atoms with E-state index in [1.54, 1.807) is 11.1 Å². The second kappa shape index (κ2) is 5.83. The lowest BCUT2D eigenvalue weighted by Gasteiger charge is -2.32. The lowest BCUT2D eigenvalue weighted by atomic mass is 9.97. The molecule has 2 aromatic rings. The number of rotatable bonds is 2. The number of ether oxygens (including phenoxy) is 1. The van der Waals surface area contributed by atoms with Crippen molar-refractivity contribution in [3.63, 3.8) is 0 Å². The highest BCUT2D eigenvalue weighted by molar-refractivity contribution is 6.33. The monoisotopic (exact) mass is 346 g/mol. The first-order chi connectivity index (χ1) is 11.6. The van der Waals surface area contributed by atoms with Gasteiger partial charge in [-0.1, -0.05) is 23.7 Å². The van der Waals surface area contributed by atoms with Gasteiger partial charge in [0.15, 0.2) is 0 Å². The molecule has 8 heteroatoms. The van der Waals surface area contributed by atoms with Gasteiger partial charge in [0.05, 0.1) is 24.1 Å². The zero-order valence-electron chi connectivity index (χ0n) is 12.8. The van der Waals surface area contributed by atoms with Crippen LogP contribution in [0.15, 0.2) is 29.2 Å². The smallest absolute Gasteiger partial charge is 0.414 e. The topological polar surface area (TPSA) is 78.5 Å². The number of carbonyl (C=O) groups excluding carboxylic acids is 1. The fraction of sp³-hybridized carbons (Fsp3) is 0.312. The second-order valence-electron chi connectivity index (χ2n) is 5.75. The van der Waals surface area contributed by atoms with Crippen molar-refractivity contribution in [2.45, 2.75) is 13.0 Å². The molecule has 1 aromatic heterocycles. The summed E-state index contributed by atoms with van der Waals surface area (Å²) in [5, 5.41) is 6.31. The number of benzene rings is 1. The van der Waals surface area contributed by atoms with E-state index in [1.165, 1.54) is 0 Å². The normalized spacial score (nSPS) is 17.0. The minimum Gasteiger partial charge on any atom is -0.447 e. The van der Waals surface area contributed by atoms with Crippen LogP contribution in [0, 0.1) is 0 Å². The maximum Gasteiger partial charge on any atom is 0.414 e. The summed E-state index contributed by atoms with van der Waals surface area (Å²) in [7, 11) is 0. The van der Waals surface area contributed by atoms with Gasteiger partial charge in [0.1, 0.15) is 11.6 Å². The SMILES string of the molecule is O=C1OCCN1c1cccc2c1CCN(c1cn[nH]c(=O)c1Cl)C2. The summed E-state index contributed by atoms with van der Waals surface area (Å²) >= 11 is 6.11. The summed E-state index contributed by atoms with van der Waals surface area (Å²) < 4.78 is 5.04. The second-order valence-corrected chi connectivity index (χ2v) is 6.13. The molecule has 2 aliphatic heterocycles. The Morgan fingerprint density at radius 1 is 1.21 bits per heavy atom. The van der Waals surface area contributed by atoms with Crippen LogP contribution in [0.5, 0.6) is 0 Å². The average Bonchev–Trinajstić information content (AvgIpc) is 3.02. The minimum atomic E-state index is -0.395.